The molecule has 0 heterocycles. The summed E-state index contributed by atoms with van der Waals surface area (Å²) >= 11 is 0. The normalized spacial score (nSPS) is 10.8. The van der Waals surface area contributed by atoms with Crippen molar-refractivity contribution in [1.29, 1.82) is 0 Å². The quantitative estimate of drug-likeness (QED) is 0.138. The van der Waals surface area contributed by atoms with Crippen LogP contribution in [0.25, 0.3) is 0 Å². The molecule has 0 aliphatic carbocycles. The van der Waals surface area contributed by atoms with Crippen LogP contribution in [0.5, 0.6) is 0 Å². The van der Waals surface area contributed by atoms with E-state index in [1.54, 1.807) is 0 Å². The average Bonchev–Trinajstić information content (AvgIpc) is 2.60. The first kappa shape index (κ1) is 28.8. The van der Waals surface area contributed by atoms with Gasteiger partial charge >= 0.3 is 51.4 Å². The molecule has 0 atom stereocenters. The predicted molar refractivity (Wildman–Crippen MR) is 120 cm³/mol. The van der Waals surface area contributed by atoms with Gasteiger partial charge in [-0.25, -0.2) is 0 Å². The SMILES string of the molecule is CCCCCCCCCCCCCCCCCCCCCCCC.[KH]. The van der Waals surface area contributed by atoms with E-state index in [0.717, 1.165) is 0 Å². The summed E-state index contributed by atoms with van der Waals surface area (Å²) in [6, 6.07) is 0. The van der Waals surface area contributed by atoms with Crippen LogP contribution in [-0.4, -0.2) is 51.4 Å². The predicted octanol–water partition coefficient (Wildman–Crippen LogP) is 8.96. The second-order valence-corrected chi connectivity index (χ2v) is 8.07. The summed E-state index contributed by atoms with van der Waals surface area (Å²) in [5, 5.41) is 0. The van der Waals surface area contributed by atoms with Crippen LogP contribution in [0.1, 0.15) is 155 Å². The minimum atomic E-state index is 0. The zero-order chi connectivity index (χ0) is 17.6. The zero-order valence-electron chi connectivity index (χ0n) is 17.6. The van der Waals surface area contributed by atoms with Crippen molar-refractivity contribution in [3.8, 4) is 0 Å². The molecule has 25 heavy (non-hydrogen) atoms. The Kier molecular flexibility index (Phi) is 32.1. The van der Waals surface area contributed by atoms with Crippen LogP contribution >= 0.6 is 0 Å². The summed E-state index contributed by atoms with van der Waals surface area (Å²) in [6.07, 6.45) is 32.4. The van der Waals surface area contributed by atoms with Gasteiger partial charge in [0, 0.05) is 0 Å². The molecular formula is C24H51K. The molecule has 0 aliphatic rings. The summed E-state index contributed by atoms with van der Waals surface area (Å²) < 4.78 is 0. The molecule has 0 spiro atoms. The Morgan fingerprint density at radius 2 is 0.360 bits per heavy atom. The standard InChI is InChI=1S/C24H50.K.H/c1-3-5-7-9-11-13-15-17-19-21-23-24-22-20-18-16-14-12-10-8-6-4-2;;/h3-24H2,1-2H3;;. The van der Waals surface area contributed by atoms with Crippen molar-refractivity contribution < 1.29 is 0 Å². The van der Waals surface area contributed by atoms with Crippen LogP contribution in [0, 0.1) is 0 Å². The summed E-state index contributed by atoms with van der Waals surface area (Å²) in [6.45, 7) is 4.60. The molecule has 0 N–H and O–H groups in total. The van der Waals surface area contributed by atoms with Crippen molar-refractivity contribution in [2.45, 2.75) is 155 Å². The molecule has 0 fully saturated rings. The van der Waals surface area contributed by atoms with Crippen molar-refractivity contribution in [2.24, 2.45) is 0 Å². The fraction of sp³-hybridized carbons (Fsp3) is 1.00. The van der Waals surface area contributed by atoms with Crippen molar-refractivity contribution in [1.82, 2.24) is 0 Å². The molecule has 0 amide bonds. The Balaban J connectivity index is 0. The van der Waals surface area contributed by atoms with Crippen LogP contribution in [0.2, 0.25) is 0 Å². The molecular weight excluding hydrogens is 327 g/mol. The van der Waals surface area contributed by atoms with Gasteiger partial charge in [-0.3, -0.25) is 0 Å². The van der Waals surface area contributed by atoms with E-state index in [1.165, 1.54) is 141 Å². The fourth-order valence-electron chi connectivity index (χ4n) is 3.68. The van der Waals surface area contributed by atoms with Gasteiger partial charge in [-0.1, -0.05) is 155 Å². The van der Waals surface area contributed by atoms with Crippen molar-refractivity contribution in [3.63, 3.8) is 0 Å². The van der Waals surface area contributed by atoms with Gasteiger partial charge < -0.3 is 0 Å². The first-order valence-electron chi connectivity index (χ1n) is 11.9. The number of unbranched alkanes of at least 4 members (excludes halogenated alkanes) is 21. The minimum absolute atomic E-state index is 0. The second kappa shape index (κ2) is 27.9. The van der Waals surface area contributed by atoms with Crippen LogP contribution in [0.3, 0.4) is 0 Å². The van der Waals surface area contributed by atoms with Crippen molar-refractivity contribution >= 4 is 51.4 Å². The first-order chi connectivity index (χ1) is 11.9. The van der Waals surface area contributed by atoms with E-state index in [4.69, 9.17) is 0 Å². The van der Waals surface area contributed by atoms with Crippen LogP contribution in [0.4, 0.5) is 0 Å². The van der Waals surface area contributed by atoms with Gasteiger partial charge in [0.15, 0.2) is 0 Å². The van der Waals surface area contributed by atoms with E-state index in [2.05, 4.69) is 13.8 Å². The summed E-state index contributed by atoms with van der Waals surface area (Å²) in [7, 11) is 0. The summed E-state index contributed by atoms with van der Waals surface area (Å²) in [5.41, 5.74) is 0. The van der Waals surface area contributed by atoms with Gasteiger partial charge in [0.05, 0.1) is 0 Å². The monoisotopic (exact) mass is 378 g/mol. The number of hydrogen-bond acceptors (Lipinski definition) is 0. The number of hydrogen-bond donors (Lipinski definition) is 0. The molecule has 0 saturated carbocycles. The van der Waals surface area contributed by atoms with Crippen LogP contribution in [-0.2, 0) is 0 Å². The Labute approximate surface area is 204 Å². The van der Waals surface area contributed by atoms with Gasteiger partial charge in [0.1, 0.15) is 0 Å². The van der Waals surface area contributed by atoms with Crippen molar-refractivity contribution in [3.05, 3.63) is 0 Å². The van der Waals surface area contributed by atoms with E-state index >= 15 is 0 Å². The summed E-state index contributed by atoms with van der Waals surface area (Å²) in [5.74, 6) is 0. The van der Waals surface area contributed by atoms with Gasteiger partial charge in [-0.05, 0) is 0 Å². The molecule has 0 saturated heterocycles. The average molecular weight is 379 g/mol. The fourth-order valence-corrected chi connectivity index (χ4v) is 3.68. The molecule has 0 rings (SSSR count). The molecule has 0 bridgehead atoms. The van der Waals surface area contributed by atoms with Gasteiger partial charge in [-0.15, -0.1) is 0 Å². The molecule has 0 aliphatic heterocycles. The Bertz CT molecular complexity index is 180. The first-order valence-corrected chi connectivity index (χ1v) is 11.9. The Hall–Kier alpha value is 1.64. The molecule has 0 radical (unpaired) electrons. The van der Waals surface area contributed by atoms with Crippen molar-refractivity contribution in [2.75, 3.05) is 0 Å². The molecule has 148 valence electrons. The topological polar surface area (TPSA) is 0 Å². The third-order valence-electron chi connectivity index (χ3n) is 5.46. The van der Waals surface area contributed by atoms with E-state index < -0.39 is 0 Å². The van der Waals surface area contributed by atoms with E-state index in [1.807, 2.05) is 0 Å². The molecule has 0 aromatic carbocycles. The summed E-state index contributed by atoms with van der Waals surface area (Å²) in [4.78, 5) is 0. The molecule has 0 aromatic rings. The molecule has 0 nitrogen and oxygen atoms in total. The second-order valence-electron chi connectivity index (χ2n) is 8.07. The third-order valence-corrected chi connectivity index (χ3v) is 5.46. The van der Waals surface area contributed by atoms with Crippen LogP contribution in [0.15, 0.2) is 0 Å². The van der Waals surface area contributed by atoms with E-state index in [0.29, 0.717) is 0 Å². The van der Waals surface area contributed by atoms with Crippen LogP contribution < -0.4 is 0 Å². The molecule has 1 heteroatoms. The maximum atomic E-state index is 2.30. The maximum absolute atomic E-state index is 2.30. The third kappa shape index (κ3) is 28.0. The van der Waals surface area contributed by atoms with E-state index in [9.17, 15) is 0 Å². The molecule has 0 aromatic heterocycles. The Morgan fingerprint density at radius 3 is 0.480 bits per heavy atom. The van der Waals surface area contributed by atoms with Gasteiger partial charge in [0.2, 0.25) is 0 Å². The Morgan fingerprint density at radius 1 is 0.240 bits per heavy atom. The van der Waals surface area contributed by atoms with E-state index in [-0.39, 0.29) is 51.4 Å². The number of rotatable bonds is 21. The van der Waals surface area contributed by atoms with Gasteiger partial charge in [-0.2, -0.15) is 0 Å². The zero-order valence-corrected chi connectivity index (χ0v) is 17.6. The van der Waals surface area contributed by atoms with Gasteiger partial charge in [0.25, 0.3) is 0 Å². The molecule has 0 unspecified atom stereocenters.